The molecule has 116 valence electrons. The Morgan fingerprint density at radius 3 is 2.43 bits per heavy atom. The molecule has 1 aromatic carbocycles. The number of hydrogen-bond acceptors (Lipinski definition) is 3. The van der Waals surface area contributed by atoms with Gasteiger partial charge in [0.05, 0.1) is 6.10 Å². The van der Waals surface area contributed by atoms with Crippen LogP contribution in [0.2, 0.25) is 0 Å². The van der Waals surface area contributed by atoms with E-state index < -0.39 is 0 Å². The Morgan fingerprint density at radius 2 is 1.76 bits per heavy atom. The third-order valence-electron chi connectivity index (χ3n) is 4.86. The molecule has 0 unspecified atom stereocenters. The van der Waals surface area contributed by atoms with Crippen LogP contribution in [-0.4, -0.2) is 48.8 Å². The third kappa shape index (κ3) is 3.95. The summed E-state index contributed by atoms with van der Waals surface area (Å²) in [7, 11) is 0. The molecule has 0 atom stereocenters. The number of aliphatic hydroxyl groups excluding tert-OH is 1. The molecule has 0 aromatic heterocycles. The zero-order valence-corrected chi connectivity index (χ0v) is 12.5. The number of benzene rings is 1. The maximum absolute atomic E-state index is 13.3. The lowest BCUT2D eigenvalue weighted by molar-refractivity contribution is 0.0724. The van der Waals surface area contributed by atoms with Gasteiger partial charge in [-0.25, -0.2) is 4.39 Å². The van der Waals surface area contributed by atoms with Crippen molar-refractivity contribution in [1.29, 1.82) is 0 Å². The van der Waals surface area contributed by atoms with Crippen LogP contribution in [0.1, 0.15) is 25.7 Å². The van der Waals surface area contributed by atoms with Crippen LogP contribution < -0.4 is 4.90 Å². The van der Waals surface area contributed by atoms with Gasteiger partial charge >= 0.3 is 0 Å². The summed E-state index contributed by atoms with van der Waals surface area (Å²) in [6, 6.07) is 6.92. The molecule has 0 aliphatic carbocycles. The minimum absolute atomic E-state index is 0.0870. The van der Waals surface area contributed by atoms with Gasteiger partial charge in [-0.05, 0) is 49.8 Å². The first-order chi connectivity index (χ1) is 10.2. The summed E-state index contributed by atoms with van der Waals surface area (Å²) < 4.78 is 13.3. The van der Waals surface area contributed by atoms with Gasteiger partial charge in [-0.2, -0.15) is 0 Å². The van der Waals surface area contributed by atoms with Crippen LogP contribution in [-0.2, 0) is 0 Å². The summed E-state index contributed by atoms with van der Waals surface area (Å²) in [5.41, 5.74) is 1.01. The van der Waals surface area contributed by atoms with E-state index in [2.05, 4.69) is 9.80 Å². The lowest BCUT2D eigenvalue weighted by Crippen LogP contribution is -2.42. The summed E-state index contributed by atoms with van der Waals surface area (Å²) in [4.78, 5) is 4.79. The molecule has 2 aliphatic rings. The Labute approximate surface area is 126 Å². The first-order valence-electron chi connectivity index (χ1n) is 8.11. The van der Waals surface area contributed by atoms with E-state index in [4.69, 9.17) is 0 Å². The van der Waals surface area contributed by atoms with Crippen molar-refractivity contribution in [2.45, 2.75) is 31.8 Å². The molecular formula is C17H25FN2O. The van der Waals surface area contributed by atoms with Gasteiger partial charge in [0, 0.05) is 38.4 Å². The minimum Gasteiger partial charge on any atom is -0.393 e. The Bertz CT molecular complexity index is 452. The summed E-state index contributed by atoms with van der Waals surface area (Å²) in [5, 5.41) is 9.55. The van der Waals surface area contributed by atoms with E-state index in [1.807, 2.05) is 6.07 Å². The number of piperidine rings is 2. The molecule has 2 saturated heterocycles. The average molecular weight is 292 g/mol. The number of anilines is 1. The zero-order chi connectivity index (χ0) is 14.7. The lowest BCUT2D eigenvalue weighted by atomic mass is 9.94. The van der Waals surface area contributed by atoms with Crippen molar-refractivity contribution in [1.82, 2.24) is 4.90 Å². The second-order valence-corrected chi connectivity index (χ2v) is 6.44. The average Bonchev–Trinajstić information content (AvgIpc) is 2.50. The van der Waals surface area contributed by atoms with E-state index >= 15 is 0 Å². The molecule has 0 spiro atoms. The fourth-order valence-corrected chi connectivity index (χ4v) is 3.51. The van der Waals surface area contributed by atoms with Gasteiger partial charge in [0.2, 0.25) is 0 Å². The highest BCUT2D eigenvalue weighted by Gasteiger charge is 2.24. The van der Waals surface area contributed by atoms with Gasteiger partial charge in [-0.3, -0.25) is 0 Å². The predicted molar refractivity (Wildman–Crippen MR) is 83.0 cm³/mol. The fraction of sp³-hybridized carbons (Fsp3) is 0.647. The maximum Gasteiger partial charge on any atom is 0.125 e. The predicted octanol–water partition coefficient (Wildman–Crippen LogP) is 2.50. The zero-order valence-electron chi connectivity index (χ0n) is 12.5. The van der Waals surface area contributed by atoms with E-state index in [1.165, 1.54) is 18.9 Å². The Balaban J connectivity index is 1.47. The quantitative estimate of drug-likeness (QED) is 0.927. The van der Waals surface area contributed by atoms with Gasteiger partial charge in [0.15, 0.2) is 0 Å². The number of hydrogen-bond donors (Lipinski definition) is 1. The van der Waals surface area contributed by atoms with E-state index in [-0.39, 0.29) is 11.9 Å². The van der Waals surface area contributed by atoms with Crippen LogP contribution in [0.5, 0.6) is 0 Å². The SMILES string of the molecule is OC1CCN(CC2CCN(c3cccc(F)c3)CC2)CC1. The Hall–Kier alpha value is -1.13. The van der Waals surface area contributed by atoms with Gasteiger partial charge in [-0.1, -0.05) is 6.07 Å². The van der Waals surface area contributed by atoms with Crippen molar-refractivity contribution in [3.05, 3.63) is 30.1 Å². The van der Waals surface area contributed by atoms with Crippen LogP contribution in [0.3, 0.4) is 0 Å². The van der Waals surface area contributed by atoms with Gasteiger partial charge in [0.1, 0.15) is 5.82 Å². The van der Waals surface area contributed by atoms with E-state index in [9.17, 15) is 9.50 Å². The summed E-state index contributed by atoms with van der Waals surface area (Å²) in [5.74, 6) is 0.589. The highest BCUT2D eigenvalue weighted by atomic mass is 19.1. The Morgan fingerprint density at radius 1 is 1.05 bits per heavy atom. The van der Waals surface area contributed by atoms with Crippen molar-refractivity contribution >= 4 is 5.69 Å². The summed E-state index contributed by atoms with van der Waals surface area (Å²) in [6.07, 6.45) is 4.10. The number of rotatable bonds is 3. The summed E-state index contributed by atoms with van der Waals surface area (Å²) >= 11 is 0. The molecule has 3 nitrogen and oxygen atoms in total. The smallest absolute Gasteiger partial charge is 0.125 e. The van der Waals surface area contributed by atoms with E-state index in [0.717, 1.165) is 57.2 Å². The van der Waals surface area contributed by atoms with Crippen LogP contribution >= 0.6 is 0 Å². The largest absolute Gasteiger partial charge is 0.393 e. The molecule has 1 N–H and O–H groups in total. The number of nitrogens with zero attached hydrogens (tertiary/aromatic N) is 2. The molecule has 21 heavy (non-hydrogen) atoms. The van der Waals surface area contributed by atoms with Crippen LogP contribution in [0.15, 0.2) is 24.3 Å². The molecular weight excluding hydrogens is 267 g/mol. The second-order valence-electron chi connectivity index (χ2n) is 6.44. The molecule has 1 aromatic rings. The van der Waals surface area contributed by atoms with Crippen molar-refractivity contribution in [2.75, 3.05) is 37.6 Å². The molecule has 2 heterocycles. The van der Waals surface area contributed by atoms with Gasteiger partial charge < -0.3 is 14.9 Å². The standard InChI is InChI=1S/C17H25FN2O/c18-15-2-1-3-16(12-15)20-10-4-14(5-11-20)13-19-8-6-17(21)7-9-19/h1-3,12,14,17,21H,4-11,13H2. The number of likely N-dealkylation sites (tertiary alicyclic amines) is 1. The van der Waals surface area contributed by atoms with Crippen molar-refractivity contribution < 1.29 is 9.50 Å². The first kappa shape index (κ1) is 14.8. The minimum atomic E-state index is -0.151. The van der Waals surface area contributed by atoms with Gasteiger partial charge in [-0.15, -0.1) is 0 Å². The highest BCUT2D eigenvalue weighted by molar-refractivity contribution is 5.46. The maximum atomic E-state index is 13.3. The second kappa shape index (κ2) is 6.75. The van der Waals surface area contributed by atoms with Crippen molar-refractivity contribution in [2.24, 2.45) is 5.92 Å². The Kier molecular flexibility index (Phi) is 4.76. The molecule has 3 rings (SSSR count). The fourth-order valence-electron chi connectivity index (χ4n) is 3.51. The molecule has 0 saturated carbocycles. The van der Waals surface area contributed by atoms with Crippen LogP contribution in [0, 0.1) is 11.7 Å². The normalized spacial score (nSPS) is 22.7. The molecule has 2 fully saturated rings. The molecule has 4 heteroatoms. The lowest BCUT2D eigenvalue weighted by Gasteiger charge is -2.37. The summed E-state index contributed by atoms with van der Waals surface area (Å²) in [6.45, 7) is 5.26. The third-order valence-corrected chi connectivity index (χ3v) is 4.86. The highest BCUT2D eigenvalue weighted by Crippen LogP contribution is 2.25. The monoisotopic (exact) mass is 292 g/mol. The molecule has 0 bridgehead atoms. The number of halogens is 1. The van der Waals surface area contributed by atoms with Crippen LogP contribution in [0.25, 0.3) is 0 Å². The number of aliphatic hydroxyl groups is 1. The molecule has 0 amide bonds. The van der Waals surface area contributed by atoms with Crippen molar-refractivity contribution in [3.8, 4) is 0 Å². The van der Waals surface area contributed by atoms with Gasteiger partial charge in [0.25, 0.3) is 0 Å². The topological polar surface area (TPSA) is 26.7 Å². The van der Waals surface area contributed by atoms with Crippen LogP contribution in [0.4, 0.5) is 10.1 Å². The van der Waals surface area contributed by atoms with E-state index in [1.54, 1.807) is 12.1 Å². The molecule has 2 aliphatic heterocycles. The van der Waals surface area contributed by atoms with Crippen molar-refractivity contribution in [3.63, 3.8) is 0 Å². The van der Waals surface area contributed by atoms with E-state index in [0.29, 0.717) is 0 Å². The molecule has 0 radical (unpaired) electrons. The first-order valence-corrected chi connectivity index (χ1v) is 8.11.